The van der Waals surface area contributed by atoms with Crippen molar-refractivity contribution in [3.63, 3.8) is 0 Å². The zero-order valence-electron chi connectivity index (χ0n) is 23.3. The number of hydrogen-bond donors (Lipinski definition) is 1. The predicted molar refractivity (Wildman–Crippen MR) is 150 cm³/mol. The van der Waals surface area contributed by atoms with Gasteiger partial charge in [-0.1, -0.05) is 30.3 Å². The Bertz CT molecular complexity index is 1520. The van der Waals surface area contributed by atoms with Crippen molar-refractivity contribution >= 4 is 22.1 Å². The maximum Gasteiger partial charge on any atom is 0.410 e. The number of likely N-dealkylation sites (tertiary alicyclic amines) is 1. The van der Waals surface area contributed by atoms with Gasteiger partial charge in [-0.3, -0.25) is 0 Å². The van der Waals surface area contributed by atoms with Crippen LogP contribution in [0.15, 0.2) is 53.4 Å². The third-order valence-electron chi connectivity index (χ3n) is 6.67. The van der Waals surface area contributed by atoms with Gasteiger partial charge < -0.3 is 19.1 Å². The molecule has 0 spiro atoms. The van der Waals surface area contributed by atoms with E-state index in [1.54, 1.807) is 29.2 Å². The van der Waals surface area contributed by atoms with E-state index >= 15 is 0 Å². The molecule has 3 heterocycles. The Morgan fingerprint density at radius 2 is 1.73 bits per heavy atom. The van der Waals surface area contributed by atoms with Crippen molar-refractivity contribution in [1.82, 2.24) is 14.9 Å². The SMILES string of the molecule is Cc1cccc(C)c1-c1cc2nc(n1)NS(=O)(=O)c1cccc(c1)COC1CC(CN(C(=O)OC(C)(C)C)C1)O2. The van der Waals surface area contributed by atoms with E-state index < -0.39 is 27.8 Å². The summed E-state index contributed by atoms with van der Waals surface area (Å²) in [6.07, 6.45) is -0.800. The monoisotopic (exact) mass is 566 g/mol. The van der Waals surface area contributed by atoms with Crippen molar-refractivity contribution in [2.45, 2.75) is 70.4 Å². The molecular weight excluding hydrogens is 532 g/mol. The summed E-state index contributed by atoms with van der Waals surface area (Å²) in [5.74, 6) is 0.0798. The lowest BCUT2D eigenvalue weighted by molar-refractivity contribution is -0.0557. The zero-order valence-corrected chi connectivity index (χ0v) is 24.1. The predicted octanol–water partition coefficient (Wildman–Crippen LogP) is 4.85. The summed E-state index contributed by atoms with van der Waals surface area (Å²) >= 11 is 0. The van der Waals surface area contributed by atoms with Crippen LogP contribution >= 0.6 is 0 Å². The molecule has 2 aliphatic rings. The van der Waals surface area contributed by atoms with Crippen molar-refractivity contribution in [1.29, 1.82) is 0 Å². The van der Waals surface area contributed by atoms with Crippen LogP contribution in [0.5, 0.6) is 5.88 Å². The average Bonchev–Trinajstić information content (AvgIpc) is 2.86. The number of fused-ring (bicyclic) bond motifs is 6. The van der Waals surface area contributed by atoms with Gasteiger partial charge in [-0.25, -0.2) is 22.9 Å². The van der Waals surface area contributed by atoms with Crippen LogP contribution in [-0.4, -0.2) is 60.3 Å². The number of amides is 1. The molecule has 1 fully saturated rings. The van der Waals surface area contributed by atoms with Crippen molar-refractivity contribution in [2.24, 2.45) is 0 Å². The highest BCUT2D eigenvalue weighted by Crippen LogP contribution is 2.31. The first-order chi connectivity index (χ1) is 18.9. The molecule has 2 atom stereocenters. The molecular formula is C29H34N4O6S. The Hall–Kier alpha value is -3.70. The fraction of sp³-hybridized carbons (Fsp3) is 0.414. The summed E-state index contributed by atoms with van der Waals surface area (Å²) in [5, 5.41) is 0. The Morgan fingerprint density at radius 1 is 1.02 bits per heavy atom. The van der Waals surface area contributed by atoms with E-state index in [9.17, 15) is 13.2 Å². The second-order valence-corrected chi connectivity index (χ2v) is 12.9. The second kappa shape index (κ2) is 10.7. The number of nitrogens with zero attached hydrogens (tertiary/aromatic N) is 3. The summed E-state index contributed by atoms with van der Waals surface area (Å²) in [5.41, 5.74) is 3.35. The number of anilines is 1. The lowest BCUT2D eigenvalue weighted by Crippen LogP contribution is -2.52. The topological polar surface area (TPSA) is 120 Å². The number of aryl methyl sites for hydroxylation is 2. The number of benzene rings is 2. The van der Waals surface area contributed by atoms with E-state index in [1.807, 2.05) is 52.8 Å². The van der Waals surface area contributed by atoms with E-state index in [0.717, 1.165) is 16.7 Å². The molecule has 10 nitrogen and oxygen atoms in total. The number of piperidine rings is 1. The summed E-state index contributed by atoms with van der Waals surface area (Å²) in [6, 6.07) is 14.1. The van der Waals surface area contributed by atoms with E-state index in [4.69, 9.17) is 14.2 Å². The fourth-order valence-corrected chi connectivity index (χ4v) is 5.95. The molecule has 0 radical (unpaired) electrons. The smallest absolute Gasteiger partial charge is 0.410 e. The summed E-state index contributed by atoms with van der Waals surface area (Å²) < 4.78 is 47.3. The quantitative estimate of drug-likeness (QED) is 0.444. The maximum atomic E-state index is 13.3. The number of hydrogen-bond acceptors (Lipinski definition) is 8. The summed E-state index contributed by atoms with van der Waals surface area (Å²) in [7, 11) is -4.00. The van der Waals surface area contributed by atoms with Crippen LogP contribution in [0.3, 0.4) is 0 Å². The highest BCUT2D eigenvalue weighted by atomic mass is 32.2. The molecule has 1 N–H and O–H groups in total. The van der Waals surface area contributed by atoms with Crippen molar-refractivity contribution in [2.75, 3.05) is 17.8 Å². The lowest BCUT2D eigenvalue weighted by atomic mass is 10.00. The van der Waals surface area contributed by atoms with Crippen LogP contribution in [-0.2, 0) is 26.1 Å². The molecule has 40 heavy (non-hydrogen) atoms. The summed E-state index contributed by atoms with van der Waals surface area (Å²) in [6.45, 7) is 10.1. The molecule has 1 saturated heterocycles. The van der Waals surface area contributed by atoms with E-state index in [2.05, 4.69) is 14.7 Å². The first kappa shape index (κ1) is 27.9. The molecule has 2 aromatic carbocycles. The van der Waals surface area contributed by atoms with Gasteiger partial charge in [0.2, 0.25) is 11.8 Å². The van der Waals surface area contributed by atoms with Gasteiger partial charge in [-0.15, -0.1) is 0 Å². The van der Waals surface area contributed by atoms with Gasteiger partial charge >= 0.3 is 6.09 Å². The van der Waals surface area contributed by atoms with Gasteiger partial charge in [0.1, 0.15) is 11.7 Å². The first-order valence-corrected chi connectivity index (χ1v) is 14.7. The number of carbonyl (C=O) groups is 1. The number of carbonyl (C=O) groups excluding carboxylic acids is 1. The molecule has 2 aliphatic heterocycles. The second-order valence-electron chi connectivity index (χ2n) is 11.2. The van der Waals surface area contributed by atoms with Crippen molar-refractivity contribution in [3.8, 4) is 17.1 Å². The minimum atomic E-state index is -4.00. The van der Waals surface area contributed by atoms with Crippen LogP contribution in [0, 0.1) is 13.8 Å². The molecule has 1 aromatic heterocycles. The molecule has 1 amide bonds. The van der Waals surface area contributed by atoms with Gasteiger partial charge in [-0.05, 0) is 63.4 Å². The lowest BCUT2D eigenvalue weighted by Gasteiger charge is -2.38. The van der Waals surface area contributed by atoms with E-state index in [0.29, 0.717) is 24.2 Å². The number of nitrogens with one attached hydrogen (secondary N) is 1. The standard InChI is InChI=1S/C29H34N4O6S/c1-18-8-6-9-19(2)26(18)24-14-25-31-27(30-24)32-40(35,36)23-11-7-10-20(12-23)17-37-21-13-22(38-25)16-33(15-21)28(34)39-29(3,4)5/h6-12,14,21-22H,13,15-17H2,1-5H3,(H,30,31,32). The Morgan fingerprint density at radius 3 is 2.45 bits per heavy atom. The molecule has 0 aliphatic carbocycles. The van der Waals surface area contributed by atoms with Gasteiger partial charge in [-0.2, -0.15) is 4.98 Å². The van der Waals surface area contributed by atoms with Gasteiger partial charge in [0, 0.05) is 18.1 Å². The fourth-order valence-electron chi connectivity index (χ4n) is 4.93. The number of rotatable bonds is 1. The van der Waals surface area contributed by atoms with Crippen molar-refractivity contribution in [3.05, 3.63) is 65.2 Å². The van der Waals surface area contributed by atoms with Crippen LogP contribution in [0.25, 0.3) is 11.3 Å². The normalized spacial score (nSPS) is 20.5. The first-order valence-electron chi connectivity index (χ1n) is 13.2. The summed E-state index contributed by atoms with van der Waals surface area (Å²) in [4.78, 5) is 23.7. The van der Waals surface area contributed by atoms with Crippen LogP contribution in [0.2, 0.25) is 0 Å². The van der Waals surface area contributed by atoms with E-state index in [1.165, 1.54) is 6.07 Å². The van der Waals surface area contributed by atoms with E-state index in [-0.39, 0.29) is 36.0 Å². The Balaban J connectivity index is 1.59. The Kier molecular flexibility index (Phi) is 7.45. The Labute approximate surface area is 234 Å². The number of ether oxygens (including phenoxy) is 3. The van der Waals surface area contributed by atoms with Gasteiger partial charge in [0.25, 0.3) is 10.0 Å². The highest BCUT2D eigenvalue weighted by Gasteiger charge is 2.35. The minimum Gasteiger partial charge on any atom is -0.472 e. The maximum absolute atomic E-state index is 13.3. The van der Waals surface area contributed by atoms with Crippen molar-refractivity contribution < 1.29 is 27.4 Å². The van der Waals surface area contributed by atoms with Crippen LogP contribution in [0.4, 0.5) is 10.7 Å². The molecule has 3 aromatic rings. The number of sulfonamides is 1. The largest absolute Gasteiger partial charge is 0.472 e. The molecule has 2 unspecified atom stereocenters. The zero-order chi connectivity index (χ0) is 28.7. The van der Waals surface area contributed by atoms with Crippen LogP contribution < -0.4 is 9.46 Å². The third-order valence-corrected chi connectivity index (χ3v) is 8.00. The molecule has 11 heteroatoms. The minimum absolute atomic E-state index is 0.0612. The molecule has 212 valence electrons. The van der Waals surface area contributed by atoms with Gasteiger partial charge in [0.05, 0.1) is 36.4 Å². The molecule has 5 rings (SSSR count). The highest BCUT2D eigenvalue weighted by molar-refractivity contribution is 7.92. The molecule has 0 saturated carbocycles. The molecule has 6 bridgehead atoms. The van der Waals surface area contributed by atoms with Gasteiger partial charge in [0.15, 0.2) is 0 Å². The van der Waals surface area contributed by atoms with Crippen LogP contribution in [0.1, 0.15) is 43.9 Å². The third kappa shape index (κ3) is 6.37. The average molecular weight is 567 g/mol. The number of aromatic nitrogens is 2.